The molecule has 0 aliphatic heterocycles. The highest BCUT2D eigenvalue weighted by Crippen LogP contribution is 2.15. The van der Waals surface area contributed by atoms with Crippen LogP contribution in [0.1, 0.15) is 28.9 Å². The zero-order valence-electron chi connectivity index (χ0n) is 11.5. The van der Waals surface area contributed by atoms with E-state index in [4.69, 9.17) is 10.3 Å². The van der Waals surface area contributed by atoms with Crippen LogP contribution in [0, 0.1) is 0 Å². The van der Waals surface area contributed by atoms with Crippen LogP contribution < -0.4 is 5.73 Å². The second kappa shape index (κ2) is 6.28. The Hall–Kier alpha value is -2.53. The number of hydrogen-bond donors (Lipinski definition) is 1. The summed E-state index contributed by atoms with van der Waals surface area (Å²) in [4.78, 5) is 8.44. The Bertz CT molecular complexity index is 682. The van der Waals surface area contributed by atoms with Crippen LogP contribution in [0.2, 0.25) is 0 Å². The largest absolute Gasteiger partial charge is 0.338 e. The van der Waals surface area contributed by atoms with Gasteiger partial charge in [-0.2, -0.15) is 4.98 Å². The van der Waals surface area contributed by atoms with Crippen LogP contribution in [0.4, 0.5) is 0 Å². The van der Waals surface area contributed by atoms with Gasteiger partial charge in [0, 0.05) is 18.8 Å². The Morgan fingerprint density at radius 3 is 2.62 bits per heavy atom. The molecule has 0 saturated heterocycles. The fraction of sp³-hybridized carbons (Fsp3) is 0.188. The molecule has 0 aliphatic carbocycles. The van der Waals surface area contributed by atoms with E-state index >= 15 is 0 Å². The van der Waals surface area contributed by atoms with Crippen LogP contribution in [0.25, 0.3) is 0 Å². The minimum absolute atomic E-state index is 0.289. The van der Waals surface area contributed by atoms with Crippen LogP contribution >= 0.6 is 0 Å². The molecule has 2 aromatic heterocycles. The number of pyridine rings is 1. The summed E-state index contributed by atoms with van der Waals surface area (Å²) >= 11 is 0. The smallest absolute Gasteiger partial charge is 0.243 e. The van der Waals surface area contributed by atoms with Gasteiger partial charge in [-0.05, 0) is 23.6 Å². The quantitative estimate of drug-likeness (QED) is 0.776. The maximum absolute atomic E-state index is 6.13. The van der Waals surface area contributed by atoms with E-state index < -0.39 is 0 Å². The van der Waals surface area contributed by atoms with E-state index in [-0.39, 0.29) is 6.04 Å². The first-order chi connectivity index (χ1) is 10.3. The van der Waals surface area contributed by atoms with E-state index in [0.29, 0.717) is 24.6 Å². The summed E-state index contributed by atoms with van der Waals surface area (Å²) < 4.78 is 5.26. The third-order valence-corrected chi connectivity index (χ3v) is 3.18. The monoisotopic (exact) mass is 280 g/mol. The van der Waals surface area contributed by atoms with Crippen LogP contribution in [-0.2, 0) is 12.8 Å². The van der Waals surface area contributed by atoms with Gasteiger partial charge in [0.15, 0.2) is 5.82 Å². The van der Waals surface area contributed by atoms with Gasteiger partial charge in [-0.25, -0.2) is 0 Å². The zero-order valence-corrected chi connectivity index (χ0v) is 11.5. The molecule has 2 N–H and O–H groups in total. The SMILES string of the molecule is NC(Cc1ccccc1)c1nc(Cc2cccnc2)no1. The third kappa shape index (κ3) is 3.52. The lowest BCUT2D eigenvalue weighted by atomic mass is 10.1. The molecule has 1 unspecified atom stereocenters. The molecule has 3 aromatic rings. The van der Waals surface area contributed by atoms with Crippen molar-refractivity contribution in [1.29, 1.82) is 0 Å². The second-order valence-corrected chi connectivity index (χ2v) is 4.88. The molecule has 0 bridgehead atoms. The van der Waals surface area contributed by atoms with Crippen molar-refractivity contribution >= 4 is 0 Å². The topological polar surface area (TPSA) is 77.8 Å². The van der Waals surface area contributed by atoms with Crippen LogP contribution in [-0.4, -0.2) is 15.1 Å². The van der Waals surface area contributed by atoms with Crippen LogP contribution in [0.5, 0.6) is 0 Å². The number of nitrogens with two attached hydrogens (primary N) is 1. The Labute approximate surface area is 122 Å². The van der Waals surface area contributed by atoms with Crippen molar-refractivity contribution in [3.63, 3.8) is 0 Å². The van der Waals surface area contributed by atoms with Gasteiger partial charge in [0.25, 0.3) is 0 Å². The summed E-state index contributed by atoms with van der Waals surface area (Å²) in [6.07, 6.45) is 4.80. The van der Waals surface area contributed by atoms with E-state index in [0.717, 1.165) is 11.1 Å². The summed E-state index contributed by atoms with van der Waals surface area (Å²) in [7, 11) is 0. The summed E-state index contributed by atoms with van der Waals surface area (Å²) in [6, 6.07) is 13.6. The molecule has 1 aromatic carbocycles. The van der Waals surface area contributed by atoms with Crippen molar-refractivity contribution in [2.45, 2.75) is 18.9 Å². The van der Waals surface area contributed by atoms with Crippen molar-refractivity contribution in [3.8, 4) is 0 Å². The van der Waals surface area contributed by atoms with Gasteiger partial charge in [0.05, 0.1) is 6.04 Å². The van der Waals surface area contributed by atoms with E-state index in [1.165, 1.54) is 0 Å². The van der Waals surface area contributed by atoms with Crippen molar-refractivity contribution in [3.05, 3.63) is 77.7 Å². The molecule has 0 radical (unpaired) electrons. The zero-order chi connectivity index (χ0) is 14.5. The first kappa shape index (κ1) is 13.5. The Balaban J connectivity index is 1.67. The van der Waals surface area contributed by atoms with Gasteiger partial charge in [-0.15, -0.1) is 0 Å². The molecular formula is C16H16N4O. The van der Waals surface area contributed by atoms with Crippen molar-refractivity contribution < 1.29 is 4.52 Å². The summed E-state index contributed by atoms with van der Waals surface area (Å²) in [5.74, 6) is 1.10. The molecule has 5 heteroatoms. The lowest BCUT2D eigenvalue weighted by Crippen LogP contribution is -2.13. The summed E-state index contributed by atoms with van der Waals surface area (Å²) in [6.45, 7) is 0. The number of aromatic nitrogens is 3. The number of nitrogens with zero attached hydrogens (tertiary/aromatic N) is 3. The van der Waals surface area contributed by atoms with Crippen molar-refractivity contribution in [1.82, 2.24) is 15.1 Å². The van der Waals surface area contributed by atoms with Crippen LogP contribution in [0.3, 0.4) is 0 Å². The fourth-order valence-electron chi connectivity index (χ4n) is 2.13. The maximum atomic E-state index is 6.13. The minimum atomic E-state index is -0.289. The molecular weight excluding hydrogens is 264 g/mol. The van der Waals surface area contributed by atoms with Gasteiger partial charge in [-0.3, -0.25) is 4.98 Å². The van der Waals surface area contributed by atoms with Crippen molar-refractivity contribution in [2.75, 3.05) is 0 Å². The molecule has 2 heterocycles. The second-order valence-electron chi connectivity index (χ2n) is 4.88. The van der Waals surface area contributed by atoms with Gasteiger partial charge in [-0.1, -0.05) is 41.6 Å². The molecule has 0 spiro atoms. The molecule has 0 fully saturated rings. The Morgan fingerprint density at radius 2 is 1.86 bits per heavy atom. The standard InChI is InChI=1S/C16H16N4O/c17-14(9-12-5-2-1-3-6-12)16-19-15(20-21-16)10-13-7-4-8-18-11-13/h1-8,11,14H,9-10,17H2. The molecule has 1 atom stereocenters. The fourth-order valence-corrected chi connectivity index (χ4v) is 2.13. The van der Waals surface area contributed by atoms with Gasteiger partial charge < -0.3 is 10.3 Å². The number of rotatable bonds is 5. The maximum Gasteiger partial charge on any atom is 0.243 e. The molecule has 0 amide bonds. The normalized spacial score (nSPS) is 12.2. The molecule has 0 aliphatic rings. The average Bonchev–Trinajstić information content (AvgIpc) is 2.98. The number of hydrogen-bond acceptors (Lipinski definition) is 5. The van der Waals surface area contributed by atoms with E-state index in [1.807, 2.05) is 42.5 Å². The van der Waals surface area contributed by atoms with E-state index in [2.05, 4.69) is 15.1 Å². The Kier molecular flexibility index (Phi) is 4.02. The summed E-state index contributed by atoms with van der Waals surface area (Å²) in [5, 5.41) is 3.98. The highest BCUT2D eigenvalue weighted by atomic mass is 16.5. The lowest BCUT2D eigenvalue weighted by Gasteiger charge is -2.05. The first-order valence-electron chi connectivity index (χ1n) is 6.82. The summed E-state index contributed by atoms with van der Waals surface area (Å²) in [5.41, 5.74) is 8.32. The predicted octanol–water partition coefficient (Wildman–Crippen LogP) is 2.30. The molecule has 21 heavy (non-hydrogen) atoms. The lowest BCUT2D eigenvalue weighted by molar-refractivity contribution is 0.350. The van der Waals surface area contributed by atoms with Gasteiger partial charge in [0.1, 0.15) is 0 Å². The third-order valence-electron chi connectivity index (χ3n) is 3.18. The first-order valence-corrected chi connectivity index (χ1v) is 6.82. The molecule has 5 nitrogen and oxygen atoms in total. The Morgan fingerprint density at radius 1 is 1.05 bits per heavy atom. The van der Waals surface area contributed by atoms with E-state index in [9.17, 15) is 0 Å². The predicted molar refractivity (Wildman–Crippen MR) is 78.4 cm³/mol. The van der Waals surface area contributed by atoms with Gasteiger partial charge in [0.2, 0.25) is 5.89 Å². The molecule has 0 saturated carbocycles. The van der Waals surface area contributed by atoms with Crippen LogP contribution in [0.15, 0.2) is 59.4 Å². The average molecular weight is 280 g/mol. The molecule has 3 rings (SSSR count). The molecule has 106 valence electrons. The highest BCUT2D eigenvalue weighted by Gasteiger charge is 2.15. The van der Waals surface area contributed by atoms with Crippen molar-refractivity contribution in [2.24, 2.45) is 5.73 Å². The number of benzene rings is 1. The van der Waals surface area contributed by atoms with E-state index in [1.54, 1.807) is 12.4 Å². The van der Waals surface area contributed by atoms with Gasteiger partial charge >= 0.3 is 0 Å². The minimum Gasteiger partial charge on any atom is -0.338 e. The highest BCUT2D eigenvalue weighted by molar-refractivity contribution is 5.17.